The number of nitrogens with zero attached hydrogens (tertiary/aromatic N) is 6. The lowest BCUT2D eigenvalue weighted by Gasteiger charge is -2.28. The normalized spacial score (nSPS) is 19.6. The zero-order chi connectivity index (χ0) is 27.4. The second-order valence-corrected chi connectivity index (χ2v) is 10.8. The molecule has 204 valence electrons. The van der Waals surface area contributed by atoms with Gasteiger partial charge in [-0.2, -0.15) is 0 Å². The van der Waals surface area contributed by atoms with Gasteiger partial charge in [0.2, 0.25) is 0 Å². The molecular weight excluding hydrogens is 490 g/mol. The summed E-state index contributed by atoms with van der Waals surface area (Å²) in [7, 11) is 0. The number of hydrogen-bond donors (Lipinski definition) is 1. The first-order valence-corrected chi connectivity index (χ1v) is 14.1. The molecule has 4 aromatic rings. The molecule has 0 saturated heterocycles. The maximum Gasteiger partial charge on any atom is 0.328 e. The van der Waals surface area contributed by atoms with Gasteiger partial charge in [-0.15, -0.1) is 5.10 Å². The maximum atomic E-state index is 13.9. The van der Waals surface area contributed by atoms with Crippen molar-refractivity contribution < 1.29 is 4.79 Å². The molecule has 0 amide bonds. The molecule has 0 radical (unpaired) electrons. The quantitative estimate of drug-likeness (QED) is 0.298. The van der Waals surface area contributed by atoms with Crippen LogP contribution < -0.4 is 5.69 Å². The number of tetrazole rings is 1. The van der Waals surface area contributed by atoms with Crippen LogP contribution >= 0.6 is 0 Å². The molecule has 1 saturated carbocycles. The summed E-state index contributed by atoms with van der Waals surface area (Å²) >= 11 is 0. The van der Waals surface area contributed by atoms with Gasteiger partial charge in [0.05, 0.1) is 18.3 Å². The summed E-state index contributed by atoms with van der Waals surface area (Å²) in [4.78, 5) is 31.3. The van der Waals surface area contributed by atoms with Gasteiger partial charge >= 0.3 is 5.69 Å². The van der Waals surface area contributed by atoms with Crippen LogP contribution in [-0.4, -0.2) is 40.5 Å². The second kappa shape index (κ2) is 11.9. The molecule has 1 fully saturated rings. The zero-order valence-corrected chi connectivity index (χ0v) is 23.0. The molecule has 3 heterocycles. The lowest BCUT2D eigenvalue weighted by Crippen LogP contribution is -2.36. The first-order valence-electron chi connectivity index (χ1n) is 14.1. The molecule has 3 unspecified atom stereocenters. The Morgan fingerprint density at radius 2 is 1.90 bits per heavy atom. The minimum absolute atomic E-state index is 0.0293. The maximum absolute atomic E-state index is 13.9. The number of aromatic nitrogens is 7. The molecule has 0 bridgehead atoms. The largest absolute Gasteiger partial charge is 0.328 e. The third-order valence-electron chi connectivity index (χ3n) is 8.11. The predicted molar refractivity (Wildman–Crippen MR) is 150 cm³/mol. The van der Waals surface area contributed by atoms with Crippen molar-refractivity contribution in [2.24, 2.45) is 11.8 Å². The van der Waals surface area contributed by atoms with Crippen LogP contribution in [0.4, 0.5) is 0 Å². The first kappa shape index (κ1) is 26.7. The van der Waals surface area contributed by atoms with Crippen molar-refractivity contribution in [1.29, 1.82) is 0 Å². The molecule has 1 aliphatic rings. The predicted octanol–water partition coefficient (Wildman–Crippen LogP) is 5.24. The number of pyridine rings is 1. The molecule has 0 aliphatic heterocycles. The van der Waals surface area contributed by atoms with E-state index >= 15 is 0 Å². The molecule has 1 aromatic carbocycles. The van der Waals surface area contributed by atoms with E-state index in [-0.39, 0.29) is 29.4 Å². The summed E-state index contributed by atoms with van der Waals surface area (Å²) in [5.41, 5.74) is 4.54. The van der Waals surface area contributed by atoms with Crippen LogP contribution in [0, 0.1) is 11.8 Å². The lowest BCUT2D eigenvalue weighted by molar-refractivity contribution is -0.122. The van der Waals surface area contributed by atoms with Gasteiger partial charge in [0.1, 0.15) is 5.78 Å². The zero-order valence-electron chi connectivity index (χ0n) is 23.0. The number of imidazole rings is 1. The van der Waals surface area contributed by atoms with Crippen molar-refractivity contribution in [3.63, 3.8) is 0 Å². The molecule has 1 N–H and O–H groups in total. The SMILES string of the molecule is CCCCc1cn(C2C(C)CCCCC2C(C)=O)c(=O)n1Cc1ccc(-c2ccccc2-c2nnn[nH]2)nc1. The van der Waals surface area contributed by atoms with Crippen LogP contribution in [0.5, 0.6) is 0 Å². The lowest BCUT2D eigenvalue weighted by atomic mass is 9.85. The van der Waals surface area contributed by atoms with Gasteiger partial charge in [0, 0.05) is 35.1 Å². The van der Waals surface area contributed by atoms with Crippen molar-refractivity contribution in [3.05, 3.63) is 70.5 Å². The average molecular weight is 528 g/mol. The fourth-order valence-corrected chi connectivity index (χ4v) is 6.01. The van der Waals surface area contributed by atoms with Crippen molar-refractivity contribution in [1.82, 2.24) is 34.7 Å². The van der Waals surface area contributed by atoms with E-state index in [2.05, 4.69) is 34.5 Å². The number of unbranched alkanes of at least 4 members (excludes halogenated alkanes) is 1. The Bertz CT molecular complexity index is 1450. The Labute approximate surface area is 228 Å². The molecule has 39 heavy (non-hydrogen) atoms. The standard InChI is InChI=1S/C30H37N7O2/c1-4-5-11-23-19-37(28-20(2)10-6-7-12-24(28)21(3)38)30(39)36(23)18-22-15-16-27(31-17-22)25-13-8-9-14-26(25)29-32-34-35-33-29/h8-9,13-17,19-20,24,28H,4-7,10-12,18H2,1-3H3,(H,32,33,34,35). The Morgan fingerprint density at radius 1 is 1.10 bits per heavy atom. The monoisotopic (exact) mass is 527 g/mol. The van der Waals surface area contributed by atoms with E-state index in [0.717, 1.165) is 73.0 Å². The van der Waals surface area contributed by atoms with Gasteiger partial charge in [-0.3, -0.25) is 18.9 Å². The van der Waals surface area contributed by atoms with Crippen LogP contribution in [0.2, 0.25) is 0 Å². The van der Waals surface area contributed by atoms with E-state index in [9.17, 15) is 9.59 Å². The van der Waals surface area contributed by atoms with E-state index in [0.29, 0.717) is 12.4 Å². The van der Waals surface area contributed by atoms with Gasteiger partial charge in [-0.1, -0.05) is 63.4 Å². The molecule has 9 nitrogen and oxygen atoms in total. The van der Waals surface area contributed by atoms with E-state index < -0.39 is 0 Å². The first-order chi connectivity index (χ1) is 19.0. The van der Waals surface area contributed by atoms with Crippen LogP contribution in [0.1, 0.15) is 76.6 Å². The molecule has 0 spiro atoms. The summed E-state index contributed by atoms with van der Waals surface area (Å²) in [5, 5.41) is 14.3. The number of carbonyl (C=O) groups is 1. The minimum atomic E-state index is -0.115. The fourth-order valence-electron chi connectivity index (χ4n) is 6.01. The highest BCUT2D eigenvalue weighted by molar-refractivity contribution is 5.79. The molecule has 3 atom stereocenters. The smallest absolute Gasteiger partial charge is 0.300 e. The Kier molecular flexibility index (Phi) is 8.14. The number of hydrogen-bond acceptors (Lipinski definition) is 6. The summed E-state index contributed by atoms with van der Waals surface area (Å²) in [5.74, 6) is 0.927. The van der Waals surface area contributed by atoms with Crippen molar-refractivity contribution in [2.45, 2.75) is 78.3 Å². The van der Waals surface area contributed by atoms with Crippen LogP contribution in [0.25, 0.3) is 22.6 Å². The van der Waals surface area contributed by atoms with E-state index in [1.165, 1.54) is 0 Å². The molecule has 3 aromatic heterocycles. The molecule has 5 rings (SSSR count). The van der Waals surface area contributed by atoms with E-state index in [4.69, 9.17) is 4.98 Å². The van der Waals surface area contributed by atoms with Crippen molar-refractivity contribution in [2.75, 3.05) is 0 Å². The number of aromatic amines is 1. The van der Waals surface area contributed by atoms with Gasteiger partial charge in [0.15, 0.2) is 5.82 Å². The Morgan fingerprint density at radius 3 is 2.59 bits per heavy atom. The summed E-state index contributed by atoms with van der Waals surface area (Å²) in [6.45, 7) is 6.47. The van der Waals surface area contributed by atoms with Crippen molar-refractivity contribution >= 4 is 5.78 Å². The highest BCUT2D eigenvalue weighted by Gasteiger charge is 2.35. The number of ketones is 1. The highest BCUT2D eigenvalue weighted by atomic mass is 16.2. The van der Waals surface area contributed by atoms with Crippen molar-refractivity contribution in [3.8, 4) is 22.6 Å². The number of nitrogens with one attached hydrogen (secondary N) is 1. The summed E-state index contributed by atoms with van der Waals surface area (Å²) < 4.78 is 3.77. The number of H-pyrrole nitrogens is 1. The van der Waals surface area contributed by atoms with E-state index in [1.54, 1.807) is 6.92 Å². The van der Waals surface area contributed by atoms with E-state index in [1.807, 2.05) is 57.9 Å². The second-order valence-electron chi connectivity index (χ2n) is 10.8. The van der Waals surface area contributed by atoms with Crippen LogP contribution in [-0.2, 0) is 17.8 Å². The molecule has 1 aliphatic carbocycles. The van der Waals surface area contributed by atoms with Gasteiger partial charge in [-0.05, 0) is 60.6 Å². The Hall–Kier alpha value is -3.88. The third-order valence-corrected chi connectivity index (χ3v) is 8.11. The topological polar surface area (TPSA) is 111 Å². The van der Waals surface area contributed by atoms with Gasteiger partial charge < -0.3 is 0 Å². The fraction of sp³-hybridized carbons (Fsp3) is 0.467. The number of rotatable bonds is 9. The summed E-state index contributed by atoms with van der Waals surface area (Å²) in [6.07, 6.45) is 10.8. The van der Waals surface area contributed by atoms with Gasteiger partial charge in [-0.25, -0.2) is 9.89 Å². The van der Waals surface area contributed by atoms with Gasteiger partial charge in [0.25, 0.3) is 0 Å². The number of benzene rings is 1. The van der Waals surface area contributed by atoms with Crippen LogP contribution in [0.15, 0.2) is 53.6 Å². The molecular formula is C30H37N7O2. The third kappa shape index (κ3) is 5.62. The Balaban J connectivity index is 1.47. The molecule has 9 heteroatoms. The number of Topliss-reactive ketones (excluding diaryl/α,β-unsaturated/α-hetero) is 1. The highest BCUT2D eigenvalue weighted by Crippen LogP contribution is 2.37. The summed E-state index contributed by atoms with van der Waals surface area (Å²) in [6, 6.07) is 11.8. The number of carbonyl (C=O) groups excluding carboxylic acids is 1. The minimum Gasteiger partial charge on any atom is -0.300 e. The number of aryl methyl sites for hydroxylation is 1. The van der Waals surface area contributed by atoms with Crippen LogP contribution in [0.3, 0.4) is 0 Å². The average Bonchev–Trinajstić information content (AvgIpc) is 3.53.